The van der Waals surface area contributed by atoms with Gasteiger partial charge in [0.2, 0.25) is 6.41 Å². The first-order valence-corrected chi connectivity index (χ1v) is 20.5. The SMILES string of the molecule is C=C(C)CCC(CCC)C(CCC)CCCCC(=O)[C@H](CCCCC1CCC(Nc2ccccc2NC=O)CC1)Cc1cc(Cl)c(O)c(C(F)(F)F)c1. The van der Waals surface area contributed by atoms with E-state index in [1.807, 2.05) is 24.3 Å². The first-order valence-electron chi connectivity index (χ1n) is 20.2. The van der Waals surface area contributed by atoms with Gasteiger partial charge in [0.1, 0.15) is 11.5 Å². The van der Waals surface area contributed by atoms with Gasteiger partial charge in [-0.2, -0.15) is 13.2 Å². The number of unbranched alkanes of at least 4 members (excludes halogenated alkanes) is 2. The van der Waals surface area contributed by atoms with Gasteiger partial charge in [-0.05, 0) is 112 Å². The minimum atomic E-state index is -4.75. The van der Waals surface area contributed by atoms with E-state index in [2.05, 4.69) is 38.0 Å². The van der Waals surface area contributed by atoms with Crippen LogP contribution in [0, 0.1) is 23.7 Å². The summed E-state index contributed by atoms with van der Waals surface area (Å²) in [6, 6.07) is 10.4. The molecule has 2 aromatic rings. The topological polar surface area (TPSA) is 78.4 Å². The summed E-state index contributed by atoms with van der Waals surface area (Å²) in [5, 5.41) is 16.0. The lowest BCUT2D eigenvalue weighted by molar-refractivity contribution is -0.138. The quantitative estimate of drug-likeness (QED) is 0.0535. The maximum Gasteiger partial charge on any atom is 0.420 e. The van der Waals surface area contributed by atoms with Crippen LogP contribution in [0.15, 0.2) is 48.6 Å². The van der Waals surface area contributed by atoms with Crippen LogP contribution in [0.25, 0.3) is 0 Å². The first kappa shape index (κ1) is 44.4. The van der Waals surface area contributed by atoms with E-state index in [1.54, 1.807) is 0 Å². The molecule has 0 bridgehead atoms. The Balaban J connectivity index is 1.58. The molecule has 3 N–H and O–H groups in total. The van der Waals surface area contributed by atoms with Gasteiger partial charge in [0.25, 0.3) is 0 Å². The number of para-hydroxylation sites is 2. The monoisotopic (exact) mass is 760 g/mol. The van der Waals surface area contributed by atoms with E-state index in [0.29, 0.717) is 48.6 Å². The summed E-state index contributed by atoms with van der Waals surface area (Å²) in [6.45, 7) is 10.7. The number of phenols is 1. The molecule has 0 heterocycles. The molecular formula is C44H64ClF3N2O3. The number of carbonyl (C=O) groups excluding carboxylic acids is 2. The maximum atomic E-state index is 13.8. The van der Waals surface area contributed by atoms with Crippen molar-refractivity contribution in [2.75, 3.05) is 10.6 Å². The first-order chi connectivity index (χ1) is 25.4. The highest BCUT2D eigenvalue weighted by atomic mass is 35.5. The van der Waals surface area contributed by atoms with Crippen molar-refractivity contribution in [2.24, 2.45) is 23.7 Å². The molecule has 0 aliphatic heterocycles. The number of nitrogens with one attached hydrogen (secondary N) is 2. The molecule has 2 aromatic carbocycles. The lowest BCUT2D eigenvalue weighted by Crippen LogP contribution is -2.26. The van der Waals surface area contributed by atoms with Crippen LogP contribution >= 0.6 is 11.6 Å². The minimum Gasteiger partial charge on any atom is -0.506 e. The molecule has 1 aliphatic carbocycles. The van der Waals surface area contributed by atoms with Crippen molar-refractivity contribution in [3.8, 4) is 5.75 Å². The number of amides is 1. The fourth-order valence-corrected chi connectivity index (χ4v) is 8.64. The normalized spacial score (nSPS) is 17.9. The van der Waals surface area contributed by atoms with Crippen molar-refractivity contribution in [1.29, 1.82) is 0 Å². The Bertz CT molecular complexity index is 1420. The van der Waals surface area contributed by atoms with Crippen LogP contribution in [-0.2, 0) is 22.2 Å². The molecule has 0 spiro atoms. The molecule has 0 aromatic heterocycles. The molecule has 1 saturated carbocycles. The summed E-state index contributed by atoms with van der Waals surface area (Å²) in [5.41, 5.74) is 2.10. The molecule has 1 aliphatic rings. The molecule has 1 amide bonds. The van der Waals surface area contributed by atoms with Crippen LogP contribution in [0.3, 0.4) is 0 Å². The number of hydrogen-bond acceptors (Lipinski definition) is 4. The predicted octanol–water partition coefficient (Wildman–Crippen LogP) is 13.3. The van der Waals surface area contributed by atoms with E-state index in [9.17, 15) is 27.9 Å². The van der Waals surface area contributed by atoms with Crippen molar-refractivity contribution < 1.29 is 27.9 Å². The number of benzene rings is 2. The highest BCUT2D eigenvalue weighted by Crippen LogP contribution is 2.41. The van der Waals surface area contributed by atoms with Gasteiger partial charge >= 0.3 is 6.18 Å². The second kappa shape index (κ2) is 23.0. The number of hydrogen-bond donors (Lipinski definition) is 3. The van der Waals surface area contributed by atoms with Crippen molar-refractivity contribution in [3.63, 3.8) is 0 Å². The van der Waals surface area contributed by atoms with Crippen LogP contribution in [0.4, 0.5) is 24.5 Å². The highest BCUT2D eigenvalue weighted by molar-refractivity contribution is 6.32. The van der Waals surface area contributed by atoms with Crippen LogP contribution in [0.5, 0.6) is 5.75 Å². The van der Waals surface area contributed by atoms with Crippen molar-refractivity contribution in [2.45, 2.75) is 155 Å². The Labute approximate surface area is 321 Å². The average molecular weight is 761 g/mol. The molecule has 5 nitrogen and oxygen atoms in total. The van der Waals surface area contributed by atoms with E-state index < -0.39 is 23.4 Å². The number of halogens is 4. The molecule has 53 heavy (non-hydrogen) atoms. The lowest BCUT2D eigenvalue weighted by Gasteiger charge is -2.30. The van der Waals surface area contributed by atoms with Gasteiger partial charge in [-0.15, -0.1) is 6.58 Å². The number of rotatable bonds is 25. The smallest absolute Gasteiger partial charge is 0.420 e. The Morgan fingerprint density at radius 1 is 0.925 bits per heavy atom. The standard InChI is InChI=1S/C44H64ClF3N2O3/c1-5-13-34(35(14-6-2)24-21-31(3)4)16-9-12-20-42(52)36(27-33-28-38(44(46,47)48)43(53)39(45)29-33)17-8-7-15-32-22-25-37(26-23-32)50-41-19-11-10-18-40(41)49-30-51/h10-11,18-19,28-30,32,34-37,50,53H,3,5-9,12-17,20-27H2,1-2,4H3,(H,49,51)/t32?,34?,35?,36-,37?/m1/s1. The summed E-state index contributed by atoms with van der Waals surface area (Å²) in [7, 11) is 0. The summed E-state index contributed by atoms with van der Waals surface area (Å²) in [5.74, 6) is 0.634. The zero-order valence-electron chi connectivity index (χ0n) is 32.3. The van der Waals surface area contributed by atoms with E-state index in [4.69, 9.17) is 11.6 Å². The van der Waals surface area contributed by atoms with Gasteiger partial charge in [0.05, 0.1) is 22.0 Å². The number of carbonyl (C=O) groups is 2. The Morgan fingerprint density at radius 3 is 2.19 bits per heavy atom. The minimum absolute atomic E-state index is 0.109. The third-order valence-corrected chi connectivity index (χ3v) is 11.6. The average Bonchev–Trinajstić information content (AvgIpc) is 3.11. The fourth-order valence-electron chi connectivity index (χ4n) is 8.40. The third kappa shape index (κ3) is 15.3. The number of phenolic OH excluding ortho intramolecular Hbond substituents is 1. The van der Waals surface area contributed by atoms with Crippen LogP contribution in [0.2, 0.25) is 5.02 Å². The highest BCUT2D eigenvalue weighted by Gasteiger charge is 2.35. The van der Waals surface area contributed by atoms with Crippen molar-refractivity contribution in [1.82, 2.24) is 0 Å². The number of aromatic hydroxyl groups is 1. The van der Waals surface area contributed by atoms with Gasteiger partial charge in [-0.3, -0.25) is 9.59 Å². The zero-order chi connectivity index (χ0) is 38.8. The van der Waals surface area contributed by atoms with E-state index in [1.165, 1.54) is 24.5 Å². The summed E-state index contributed by atoms with van der Waals surface area (Å²) < 4.78 is 41.2. The summed E-state index contributed by atoms with van der Waals surface area (Å²) >= 11 is 6.06. The molecule has 0 radical (unpaired) electrons. The van der Waals surface area contributed by atoms with Crippen LogP contribution in [0.1, 0.15) is 147 Å². The number of alkyl halides is 3. The van der Waals surface area contributed by atoms with Crippen molar-refractivity contribution in [3.05, 3.63) is 64.7 Å². The largest absolute Gasteiger partial charge is 0.506 e. The predicted molar refractivity (Wildman–Crippen MR) is 214 cm³/mol. The molecular weight excluding hydrogens is 697 g/mol. The van der Waals surface area contributed by atoms with Gasteiger partial charge in [0, 0.05) is 18.4 Å². The van der Waals surface area contributed by atoms with Crippen LogP contribution < -0.4 is 10.6 Å². The molecule has 1 fully saturated rings. The number of ketones is 1. The van der Waals surface area contributed by atoms with E-state index in [0.717, 1.165) is 107 Å². The molecule has 3 atom stereocenters. The molecule has 296 valence electrons. The number of Topliss-reactive ketones (excluding diaryl/α,β-unsaturated/α-hetero) is 1. The van der Waals surface area contributed by atoms with E-state index >= 15 is 0 Å². The third-order valence-electron chi connectivity index (χ3n) is 11.3. The Hall–Kier alpha value is -3.00. The second-order valence-corrected chi connectivity index (χ2v) is 16.0. The maximum absolute atomic E-state index is 13.8. The number of allylic oxidation sites excluding steroid dienone is 1. The zero-order valence-corrected chi connectivity index (χ0v) is 33.1. The Kier molecular flexibility index (Phi) is 19.3. The lowest BCUT2D eigenvalue weighted by atomic mass is 9.78. The summed E-state index contributed by atoms with van der Waals surface area (Å²) in [4.78, 5) is 24.8. The van der Waals surface area contributed by atoms with E-state index in [-0.39, 0.29) is 17.2 Å². The fraction of sp³-hybridized carbons (Fsp3) is 0.636. The Morgan fingerprint density at radius 2 is 1.57 bits per heavy atom. The summed E-state index contributed by atoms with van der Waals surface area (Å²) in [6.07, 6.45) is 14.0. The van der Waals surface area contributed by atoms with Gasteiger partial charge in [0.15, 0.2) is 0 Å². The van der Waals surface area contributed by atoms with Gasteiger partial charge in [-0.1, -0.05) is 101 Å². The van der Waals surface area contributed by atoms with Crippen molar-refractivity contribution >= 4 is 35.2 Å². The van der Waals surface area contributed by atoms with Gasteiger partial charge in [-0.25, -0.2) is 0 Å². The molecule has 0 saturated heterocycles. The molecule has 2 unspecified atom stereocenters. The van der Waals surface area contributed by atoms with Crippen LogP contribution in [-0.4, -0.2) is 23.3 Å². The number of anilines is 2. The van der Waals surface area contributed by atoms with Gasteiger partial charge < -0.3 is 15.7 Å². The molecule has 9 heteroatoms. The molecule has 3 rings (SSSR count). The second-order valence-electron chi connectivity index (χ2n) is 15.6.